The molecule has 0 aromatic carbocycles. The molecule has 0 aliphatic heterocycles. The number of hydrogen-bond acceptors (Lipinski definition) is 2. The highest BCUT2D eigenvalue weighted by Gasteiger charge is 2.27. The third-order valence-electron chi connectivity index (χ3n) is 3.40. The molecule has 0 amide bonds. The van der Waals surface area contributed by atoms with E-state index in [1.807, 2.05) is 6.08 Å². The molecule has 0 aliphatic carbocycles. The summed E-state index contributed by atoms with van der Waals surface area (Å²) in [5.41, 5.74) is 0. The Morgan fingerprint density at radius 1 is 0.882 bits per heavy atom. The van der Waals surface area contributed by atoms with Crippen molar-refractivity contribution in [2.45, 2.75) is 64.0 Å². The molecule has 0 spiro atoms. The van der Waals surface area contributed by atoms with E-state index in [0.29, 0.717) is 0 Å². The summed E-state index contributed by atoms with van der Waals surface area (Å²) in [5, 5.41) is 0. The normalized spacial score (nSPS) is 11.7. The van der Waals surface area contributed by atoms with Gasteiger partial charge in [-0.1, -0.05) is 44.6 Å². The summed E-state index contributed by atoms with van der Waals surface area (Å²) in [4.78, 5) is 0. The minimum atomic E-state index is -1.79. The number of rotatable bonds is 12. The van der Waals surface area contributed by atoms with Gasteiger partial charge in [-0.05, 0) is 25.4 Å². The molecule has 2 nitrogen and oxygen atoms in total. The van der Waals surface area contributed by atoms with Crippen molar-refractivity contribution in [3.05, 3.63) is 12.7 Å². The van der Waals surface area contributed by atoms with Gasteiger partial charge in [-0.15, -0.1) is 6.58 Å². The first-order valence-electron chi connectivity index (χ1n) is 6.89. The maximum atomic E-state index is 5.47. The van der Waals surface area contributed by atoms with Gasteiger partial charge in [-0.25, -0.2) is 0 Å². The minimum absolute atomic E-state index is 1.12. The Balaban J connectivity index is 3.26. The lowest BCUT2D eigenvalue weighted by Crippen LogP contribution is -2.35. The van der Waals surface area contributed by atoms with Crippen LogP contribution in [0, 0.1) is 0 Å². The van der Waals surface area contributed by atoms with Crippen LogP contribution in [-0.4, -0.2) is 22.8 Å². The van der Waals surface area contributed by atoms with Crippen molar-refractivity contribution in [1.29, 1.82) is 0 Å². The molecule has 3 heteroatoms. The van der Waals surface area contributed by atoms with E-state index in [1.165, 1.54) is 51.4 Å². The van der Waals surface area contributed by atoms with Crippen LogP contribution in [0.2, 0.25) is 12.6 Å². The quantitative estimate of drug-likeness (QED) is 0.288. The summed E-state index contributed by atoms with van der Waals surface area (Å²) in [6.07, 6.45) is 12.5. The van der Waals surface area contributed by atoms with Gasteiger partial charge in [-0.2, -0.15) is 0 Å². The standard InChI is InChI=1S/C14H30O2Si/c1-5-6-7-8-9-10-11-12-13-14-17(4,15-2)16-3/h5H,1,6-14H2,2-4H3. The van der Waals surface area contributed by atoms with Gasteiger partial charge in [0.25, 0.3) is 0 Å². The molecule has 0 rings (SSSR count). The van der Waals surface area contributed by atoms with Gasteiger partial charge in [0.15, 0.2) is 0 Å². The Morgan fingerprint density at radius 2 is 1.35 bits per heavy atom. The SMILES string of the molecule is C=CCCCCCCCCC[Si](C)(OC)OC. The van der Waals surface area contributed by atoms with Crippen LogP contribution in [0.3, 0.4) is 0 Å². The number of unbranched alkanes of at least 4 members (excludes halogenated alkanes) is 7. The molecule has 0 N–H and O–H groups in total. The summed E-state index contributed by atoms with van der Waals surface area (Å²) in [5.74, 6) is 0. The van der Waals surface area contributed by atoms with E-state index >= 15 is 0 Å². The monoisotopic (exact) mass is 258 g/mol. The Labute approximate surface area is 109 Å². The molecule has 0 bridgehead atoms. The number of hydrogen-bond donors (Lipinski definition) is 0. The highest BCUT2D eigenvalue weighted by molar-refractivity contribution is 6.65. The topological polar surface area (TPSA) is 18.5 Å². The lowest BCUT2D eigenvalue weighted by molar-refractivity contribution is 0.248. The van der Waals surface area contributed by atoms with E-state index in [2.05, 4.69) is 13.1 Å². The second-order valence-corrected chi connectivity index (χ2v) is 8.43. The van der Waals surface area contributed by atoms with Gasteiger partial charge in [0.05, 0.1) is 0 Å². The van der Waals surface area contributed by atoms with Crippen molar-refractivity contribution in [3.63, 3.8) is 0 Å². The fourth-order valence-electron chi connectivity index (χ4n) is 1.91. The van der Waals surface area contributed by atoms with Crippen LogP contribution in [0.4, 0.5) is 0 Å². The summed E-state index contributed by atoms with van der Waals surface area (Å²) in [7, 11) is 1.75. The first-order valence-corrected chi connectivity index (χ1v) is 9.42. The zero-order chi connectivity index (χ0) is 13.0. The highest BCUT2D eigenvalue weighted by atomic mass is 28.4. The Kier molecular flexibility index (Phi) is 10.9. The average Bonchev–Trinajstić information content (AvgIpc) is 2.36. The summed E-state index contributed by atoms with van der Waals surface area (Å²) < 4.78 is 10.9. The van der Waals surface area contributed by atoms with E-state index < -0.39 is 8.56 Å². The second kappa shape index (κ2) is 11.0. The van der Waals surface area contributed by atoms with Crippen LogP contribution >= 0.6 is 0 Å². The third kappa shape index (κ3) is 9.57. The molecule has 0 aromatic rings. The largest absolute Gasteiger partial charge is 0.398 e. The van der Waals surface area contributed by atoms with Crippen LogP contribution in [0.15, 0.2) is 12.7 Å². The van der Waals surface area contributed by atoms with Crippen molar-refractivity contribution >= 4 is 8.56 Å². The summed E-state index contributed by atoms with van der Waals surface area (Å²) in [6, 6.07) is 1.12. The average molecular weight is 258 g/mol. The molecule has 0 atom stereocenters. The fourth-order valence-corrected chi connectivity index (χ4v) is 3.37. The van der Waals surface area contributed by atoms with Crippen molar-refractivity contribution < 1.29 is 8.85 Å². The van der Waals surface area contributed by atoms with Gasteiger partial charge in [-0.3, -0.25) is 0 Å². The van der Waals surface area contributed by atoms with Crippen LogP contribution < -0.4 is 0 Å². The Hall–Kier alpha value is -0.123. The second-order valence-electron chi connectivity index (χ2n) is 4.84. The van der Waals surface area contributed by atoms with Gasteiger partial charge >= 0.3 is 8.56 Å². The van der Waals surface area contributed by atoms with Crippen LogP contribution in [-0.2, 0) is 8.85 Å². The van der Waals surface area contributed by atoms with Crippen LogP contribution in [0.1, 0.15) is 51.4 Å². The van der Waals surface area contributed by atoms with E-state index in [9.17, 15) is 0 Å². The summed E-state index contributed by atoms with van der Waals surface area (Å²) in [6.45, 7) is 5.88. The molecule has 0 unspecified atom stereocenters. The van der Waals surface area contributed by atoms with Gasteiger partial charge in [0, 0.05) is 14.2 Å². The predicted octanol–water partition coefficient (Wildman–Crippen LogP) is 4.66. The van der Waals surface area contributed by atoms with Crippen molar-refractivity contribution in [3.8, 4) is 0 Å². The zero-order valence-corrected chi connectivity index (χ0v) is 13.0. The molecule has 0 heterocycles. The first kappa shape index (κ1) is 16.9. The molecule has 102 valence electrons. The smallest absolute Gasteiger partial charge is 0.334 e. The van der Waals surface area contributed by atoms with E-state index in [0.717, 1.165) is 6.04 Å². The maximum Gasteiger partial charge on any atom is 0.334 e. The number of allylic oxidation sites excluding steroid dienone is 1. The van der Waals surface area contributed by atoms with E-state index in [-0.39, 0.29) is 0 Å². The zero-order valence-electron chi connectivity index (χ0n) is 12.0. The highest BCUT2D eigenvalue weighted by Crippen LogP contribution is 2.17. The van der Waals surface area contributed by atoms with Gasteiger partial charge in [0.1, 0.15) is 0 Å². The molecule has 0 aromatic heterocycles. The molecule has 17 heavy (non-hydrogen) atoms. The predicted molar refractivity (Wildman–Crippen MR) is 77.6 cm³/mol. The first-order chi connectivity index (χ1) is 8.18. The lowest BCUT2D eigenvalue weighted by Gasteiger charge is -2.22. The molecule has 0 radical (unpaired) electrons. The molecule has 0 saturated heterocycles. The van der Waals surface area contributed by atoms with Gasteiger partial charge in [0.2, 0.25) is 0 Å². The van der Waals surface area contributed by atoms with Crippen LogP contribution in [0.25, 0.3) is 0 Å². The van der Waals surface area contributed by atoms with Crippen molar-refractivity contribution in [1.82, 2.24) is 0 Å². The molecular weight excluding hydrogens is 228 g/mol. The van der Waals surface area contributed by atoms with Gasteiger partial charge < -0.3 is 8.85 Å². The Bertz CT molecular complexity index is 179. The Morgan fingerprint density at radius 3 is 1.82 bits per heavy atom. The maximum absolute atomic E-state index is 5.47. The minimum Gasteiger partial charge on any atom is -0.398 e. The van der Waals surface area contributed by atoms with E-state index in [4.69, 9.17) is 8.85 Å². The lowest BCUT2D eigenvalue weighted by atomic mass is 10.1. The van der Waals surface area contributed by atoms with Crippen molar-refractivity contribution in [2.75, 3.05) is 14.2 Å². The fraction of sp³-hybridized carbons (Fsp3) is 0.857. The third-order valence-corrected chi connectivity index (χ3v) is 6.39. The molecular formula is C14H30O2Si. The van der Waals surface area contributed by atoms with Crippen molar-refractivity contribution in [2.24, 2.45) is 0 Å². The van der Waals surface area contributed by atoms with Crippen LogP contribution in [0.5, 0.6) is 0 Å². The van der Waals surface area contributed by atoms with E-state index in [1.54, 1.807) is 14.2 Å². The molecule has 0 fully saturated rings. The molecule has 0 aliphatic rings. The molecule has 0 saturated carbocycles. The summed E-state index contributed by atoms with van der Waals surface area (Å²) >= 11 is 0.